The predicted octanol–water partition coefficient (Wildman–Crippen LogP) is -0.562. The van der Waals surface area contributed by atoms with Gasteiger partial charge in [-0.2, -0.15) is 13.1 Å². The molecule has 0 bridgehead atoms. The van der Waals surface area contributed by atoms with Gasteiger partial charge in [-0.1, -0.05) is 24.3 Å². The molecule has 0 saturated heterocycles. The molecule has 0 spiro atoms. The lowest BCUT2D eigenvalue weighted by Crippen LogP contribution is -2.30. The highest BCUT2D eigenvalue weighted by Gasteiger charge is 2.01. The van der Waals surface area contributed by atoms with Crippen LogP contribution in [0.4, 0.5) is 0 Å². The first kappa shape index (κ1) is 11.1. The molecule has 5 nitrogen and oxygen atoms in total. The van der Waals surface area contributed by atoms with Crippen LogP contribution in [0.2, 0.25) is 0 Å². The van der Waals surface area contributed by atoms with E-state index in [0.717, 1.165) is 11.1 Å². The molecule has 0 saturated carbocycles. The van der Waals surface area contributed by atoms with Crippen molar-refractivity contribution < 1.29 is 8.42 Å². The third-order valence-electron chi connectivity index (χ3n) is 1.70. The van der Waals surface area contributed by atoms with E-state index in [1.165, 1.54) is 0 Å². The molecule has 5 N–H and O–H groups in total. The molecule has 0 radical (unpaired) electrons. The van der Waals surface area contributed by atoms with E-state index in [1.807, 2.05) is 18.2 Å². The van der Waals surface area contributed by atoms with Gasteiger partial charge in [-0.15, -0.1) is 0 Å². The second-order valence-electron chi connectivity index (χ2n) is 2.89. The number of benzene rings is 1. The van der Waals surface area contributed by atoms with Crippen LogP contribution >= 0.6 is 0 Å². The zero-order valence-electron chi connectivity index (χ0n) is 7.60. The average Bonchev–Trinajstić information content (AvgIpc) is 2.14. The molecule has 0 aliphatic heterocycles. The van der Waals surface area contributed by atoms with Gasteiger partial charge in [0.05, 0.1) is 0 Å². The number of hydrogen-bond acceptors (Lipinski definition) is 3. The lowest BCUT2D eigenvalue weighted by Gasteiger charge is -2.03. The van der Waals surface area contributed by atoms with E-state index in [0.29, 0.717) is 6.54 Å². The Hall–Kier alpha value is -0.950. The molecule has 0 aliphatic carbocycles. The third-order valence-corrected chi connectivity index (χ3v) is 2.25. The van der Waals surface area contributed by atoms with E-state index in [2.05, 4.69) is 4.72 Å². The Labute approximate surface area is 83.3 Å². The summed E-state index contributed by atoms with van der Waals surface area (Å²) in [4.78, 5) is 0. The fourth-order valence-electron chi connectivity index (χ4n) is 1.05. The number of hydrogen-bond donors (Lipinski definition) is 3. The Balaban J connectivity index is 2.68. The van der Waals surface area contributed by atoms with Crippen LogP contribution in [0.5, 0.6) is 0 Å². The molecule has 14 heavy (non-hydrogen) atoms. The summed E-state index contributed by atoms with van der Waals surface area (Å²) in [7, 11) is -3.62. The SMILES string of the molecule is NCc1cccc(CNS(N)(=O)=O)c1. The maximum atomic E-state index is 10.6. The highest BCUT2D eigenvalue weighted by molar-refractivity contribution is 7.87. The second kappa shape index (κ2) is 4.52. The fourth-order valence-corrected chi connectivity index (χ4v) is 1.42. The van der Waals surface area contributed by atoms with Gasteiger partial charge >= 0.3 is 0 Å². The Morgan fingerprint density at radius 1 is 1.29 bits per heavy atom. The molecule has 1 aromatic rings. The zero-order valence-corrected chi connectivity index (χ0v) is 8.42. The minimum Gasteiger partial charge on any atom is -0.326 e. The lowest BCUT2D eigenvalue weighted by atomic mass is 10.1. The van der Waals surface area contributed by atoms with E-state index in [1.54, 1.807) is 6.07 Å². The van der Waals surface area contributed by atoms with Crippen molar-refractivity contribution in [2.24, 2.45) is 10.9 Å². The highest BCUT2D eigenvalue weighted by Crippen LogP contribution is 2.04. The Kier molecular flexibility index (Phi) is 3.59. The van der Waals surface area contributed by atoms with Gasteiger partial charge in [-0.05, 0) is 11.1 Å². The van der Waals surface area contributed by atoms with E-state index >= 15 is 0 Å². The van der Waals surface area contributed by atoms with Crippen molar-refractivity contribution in [2.75, 3.05) is 0 Å². The van der Waals surface area contributed by atoms with Crippen LogP contribution in [0, 0.1) is 0 Å². The van der Waals surface area contributed by atoms with E-state index in [4.69, 9.17) is 10.9 Å². The summed E-state index contributed by atoms with van der Waals surface area (Å²) < 4.78 is 23.4. The molecule has 0 aliphatic rings. The summed E-state index contributed by atoms with van der Waals surface area (Å²) in [5.41, 5.74) is 7.23. The molecular weight excluding hydrogens is 202 g/mol. The molecule has 1 rings (SSSR count). The van der Waals surface area contributed by atoms with E-state index < -0.39 is 10.2 Å². The molecule has 1 aromatic carbocycles. The summed E-state index contributed by atoms with van der Waals surface area (Å²) in [6, 6.07) is 7.33. The van der Waals surface area contributed by atoms with Gasteiger partial charge in [0.2, 0.25) is 0 Å². The van der Waals surface area contributed by atoms with Crippen LogP contribution in [-0.2, 0) is 23.3 Å². The summed E-state index contributed by atoms with van der Waals surface area (Å²) in [6.45, 7) is 0.621. The van der Waals surface area contributed by atoms with Crippen molar-refractivity contribution in [3.63, 3.8) is 0 Å². The van der Waals surface area contributed by atoms with Crippen LogP contribution < -0.4 is 15.6 Å². The van der Waals surface area contributed by atoms with Gasteiger partial charge in [-0.25, -0.2) is 5.14 Å². The van der Waals surface area contributed by atoms with Crippen molar-refractivity contribution in [1.82, 2.24) is 4.72 Å². The van der Waals surface area contributed by atoms with Crippen molar-refractivity contribution in [3.8, 4) is 0 Å². The quantitative estimate of drug-likeness (QED) is 0.627. The van der Waals surface area contributed by atoms with Gasteiger partial charge in [0.1, 0.15) is 0 Å². The molecule has 0 heterocycles. The van der Waals surface area contributed by atoms with Crippen molar-refractivity contribution in [3.05, 3.63) is 35.4 Å². The maximum absolute atomic E-state index is 10.6. The average molecular weight is 215 g/mol. The molecule has 0 amide bonds. The summed E-state index contributed by atoms with van der Waals surface area (Å²) in [6.07, 6.45) is 0. The molecule has 0 atom stereocenters. The molecule has 0 aromatic heterocycles. The topological polar surface area (TPSA) is 98.2 Å². The van der Waals surface area contributed by atoms with E-state index in [9.17, 15) is 8.42 Å². The summed E-state index contributed by atoms with van der Waals surface area (Å²) in [5, 5.41) is 4.79. The first-order valence-corrected chi connectivity index (χ1v) is 5.61. The van der Waals surface area contributed by atoms with Crippen LogP contribution in [0.15, 0.2) is 24.3 Å². The Bertz CT molecular complexity index is 403. The van der Waals surface area contributed by atoms with Crippen LogP contribution in [-0.4, -0.2) is 8.42 Å². The summed E-state index contributed by atoms with van der Waals surface area (Å²) in [5.74, 6) is 0. The van der Waals surface area contributed by atoms with Gasteiger partial charge in [0.25, 0.3) is 10.2 Å². The van der Waals surface area contributed by atoms with Gasteiger partial charge in [-0.3, -0.25) is 0 Å². The lowest BCUT2D eigenvalue weighted by molar-refractivity contribution is 0.583. The summed E-state index contributed by atoms with van der Waals surface area (Å²) >= 11 is 0. The van der Waals surface area contributed by atoms with E-state index in [-0.39, 0.29) is 6.54 Å². The maximum Gasteiger partial charge on any atom is 0.274 e. The largest absolute Gasteiger partial charge is 0.326 e. The minimum absolute atomic E-state index is 0.187. The standard InChI is InChI=1S/C8H13N3O2S/c9-5-7-2-1-3-8(4-7)6-11-14(10,12)13/h1-4,11H,5-6,9H2,(H2,10,12,13). The first-order valence-electron chi connectivity index (χ1n) is 4.06. The Morgan fingerprint density at radius 3 is 2.50 bits per heavy atom. The zero-order chi connectivity index (χ0) is 10.6. The third kappa shape index (κ3) is 3.84. The highest BCUT2D eigenvalue weighted by atomic mass is 32.2. The Morgan fingerprint density at radius 2 is 1.93 bits per heavy atom. The van der Waals surface area contributed by atoms with Gasteiger partial charge in [0, 0.05) is 13.1 Å². The van der Waals surface area contributed by atoms with Crippen molar-refractivity contribution in [1.29, 1.82) is 0 Å². The number of nitrogens with two attached hydrogens (primary N) is 2. The normalized spacial score (nSPS) is 11.6. The second-order valence-corrected chi connectivity index (χ2v) is 4.27. The number of nitrogens with one attached hydrogen (secondary N) is 1. The van der Waals surface area contributed by atoms with Crippen LogP contribution in [0.1, 0.15) is 11.1 Å². The van der Waals surface area contributed by atoms with Gasteiger partial charge in [0.15, 0.2) is 0 Å². The minimum atomic E-state index is -3.62. The molecular formula is C8H13N3O2S. The van der Waals surface area contributed by atoms with Crippen molar-refractivity contribution >= 4 is 10.2 Å². The monoisotopic (exact) mass is 215 g/mol. The first-order chi connectivity index (χ1) is 6.51. The molecule has 0 fully saturated rings. The smallest absolute Gasteiger partial charge is 0.274 e. The number of rotatable bonds is 4. The van der Waals surface area contributed by atoms with Gasteiger partial charge < -0.3 is 5.73 Å². The van der Waals surface area contributed by atoms with Crippen LogP contribution in [0.3, 0.4) is 0 Å². The molecule has 78 valence electrons. The molecule has 6 heteroatoms. The fraction of sp³-hybridized carbons (Fsp3) is 0.250. The van der Waals surface area contributed by atoms with Crippen LogP contribution in [0.25, 0.3) is 0 Å². The predicted molar refractivity (Wildman–Crippen MR) is 54.3 cm³/mol. The molecule has 0 unspecified atom stereocenters. The van der Waals surface area contributed by atoms with Crippen molar-refractivity contribution in [2.45, 2.75) is 13.1 Å².